The van der Waals surface area contributed by atoms with E-state index in [9.17, 15) is 4.79 Å². The van der Waals surface area contributed by atoms with Crippen LogP contribution in [0, 0.1) is 0 Å². The Balaban J connectivity index is 0.000000291. The van der Waals surface area contributed by atoms with Gasteiger partial charge in [0.25, 0.3) is 0 Å². The summed E-state index contributed by atoms with van der Waals surface area (Å²) in [4.78, 5) is 49.9. The molecule has 0 aliphatic carbocycles. The third-order valence-electron chi connectivity index (χ3n) is 9.51. The number of likely N-dealkylation sites (tertiary alicyclic amines) is 1. The Morgan fingerprint density at radius 3 is 1.19 bits per heavy atom. The highest BCUT2D eigenvalue weighted by molar-refractivity contribution is 6.06. The molecule has 7 aromatic rings. The molecule has 3 aromatic heterocycles. The first kappa shape index (κ1) is 35.2. The Bertz CT molecular complexity index is 2310. The monoisotopic (exact) mass is 696 g/mol. The normalized spacial score (nSPS) is 13.1. The Morgan fingerprint density at radius 2 is 0.849 bits per heavy atom. The number of rotatable bonds is 1. The van der Waals surface area contributed by atoms with Crippen LogP contribution in [-0.4, -0.2) is 72.2 Å². The van der Waals surface area contributed by atoms with Crippen molar-refractivity contribution in [3.63, 3.8) is 0 Å². The van der Waals surface area contributed by atoms with Crippen molar-refractivity contribution in [3.8, 4) is 45.6 Å². The van der Waals surface area contributed by atoms with Crippen LogP contribution < -0.4 is 0 Å². The largest absolute Gasteiger partial charge is 0.343 e. The lowest BCUT2D eigenvalue weighted by Crippen LogP contribution is -2.29. The second kappa shape index (κ2) is 15.2. The molecule has 0 atom stereocenters. The molecule has 2 N–H and O–H groups in total. The Morgan fingerprint density at radius 1 is 0.509 bits per heavy atom. The van der Waals surface area contributed by atoms with Crippen LogP contribution in [0.15, 0.2) is 97.1 Å². The fraction of sp³-hybridized carbons (Fsp3) is 0.214. The second-order valence-electron chi connectivity index (χ2n) is 12.6. The fourth-order valence-electron chi connectivity index (χ4n) is 6.96. The van der Waals surface area contributed by atoms with Crippen LogP contribution in [0.5, 0.6) is 0 Å². The molecule has 3 aliphatic rings. The van der Waals surface area contributed by atoms with E-state index in [2.05, 4.69) is 9.97 Å². The van der Waals surface area contributed by atoms with Gasteiger partial charge in [-0.15, -0.1) is 0 Å². The number of fused-ring (bicyclic) bond motifs is 20. The first-order valence-corrected chi connectivity index (χ1v) is 18.1. The molecule has 1 amide bonds. The van der Waals surface area contributed by atoms with Gasteiger partial charge in [-0.25, -0.2) is 29.9 Å². The average molecular weight is 697 g/mol. The van der Waals surface area contributed by atoms with Gasteiger partial charge in [-0.05, 0) is 19.8 Å². The number of H-pyrrole nitrogens is 2. The highest BCUT2D eigenvalue weighted by Crippen LogP contribution is 2.36. The molecule has 10 rings (SSSR count). The molecule has 0 saturated carbocycles. The van der Waals surface area contributed by atoms with E-state index in [1.54, 1.807) is 0 Å². The number of carbonyl (C=O) groups is 1. The van der Waals surface area contributed by atoms with Crippen LogP contribution in [0.1, 0.15) is 46.5 Å². The zero-order valence-corrected chi connectivity index (χ0v) is 30.1. The van der Waals surface area contributed by atoms with Gasteiger partial charge in [-0.3, -0.25) is 4.79 Å². The third kappa shape index (κ3) is 6.54. The number of hydrogen-bond acceptors (Lipinski definition) is 7. The first-order chi connectivity index (χ1) is 25.6. The maximum atomic E-state index is 11.2. The third-order valence-corrected chi connectivity index (χ3v) is 9.51. The minimum Gasteiger partial charge on any atom is -0.343 e. The summed E-state index contributed by atoms with van der Waals surface area (Å²) in [5.41, 5.74) is 6.45. The van der Waals surface area contributed by atoms with E-state index in [0.29, 0.717) is 51.8 Å². The summed E-state index contributed by atoms with van der Waals surface area (Å²) in [6.07, 6.45) is 4.28. The van der Waals surface area contributed by atoms with Crippen molar-refractivity contribution < 1.29 is 4.79 Å². The number of aromatic amines is 2. The molecule has 3 radical (unpaired) electrons. The van der Waals surface area contributed by atoms with E-state index >= 15 is 0 Å². The summed E-state index contributed by atoms with van der Waals surface area (Å²) in [7, 11) is 0. The van der Waals surface area contributed by atoms with E-state index in [0.717, 1.165) is 69.7 Å². The molecule has 53 heavy (non-hydrogen) atoms. The molecule has 0 spiro atoms. The molecule has 3 aliphatic heterocycles. The Hall–Kier alpha value is -6.23. The summed E-state index contributed by atoms with van der Waals surface area (Å²) in [5.74, 6) is 2.74. The number of aromatic nitrogens is 8. The molecule has 261 valence electrons. The zero-order chi connectivity index (χ0) is 35.6. The van der Waals surface area contributed by atoms with Crippen molar-refractivity contribution in [2.75, 3.05) is 13.1 Å². The van der Waals surface area contributed by atoms with Crippen molar-refractivity contribution >= 4 is 58.5 Å². The van der Waals surface area contributed by atoms with Crippen molar-refractivity contribution in [2.45, 2.75) is 46.5 Å². The van der Waals surface area contributed by atoms with Crippen molar-refractivity contribution in [3.05, 3.63) is 97.1 Å². The molecule has 10 nitrogen and oxygen atoms in total. The van der Waals surface area contributed by atoms with Crippen molar-refractivity contribution in [1.82, 2.24) is 44.8 Å². The van der Waals surface area contributed by atoms with E-state index in [4.69, 9.17) is 29.9 Å². The molecule has 4 aromatic carbocycles. The van der Waals surface area contributed by atoms with Gasteiger partial charge in [0.05, 0.1) is 0 Å². The van der Waals surface area contributed by atoms with Crippen LogP contribution in [0.3, 0.4) is 0 Å². The zero-order valence-electron chi connectivity index (χ0n) is 30.1. The first-order valence-electron chi connectivity index (χ1n) is 18.1. The van der Waals surface area contributed by atoms with Crippen LogP contribution in [-0.2, 0) is 4.79 Å². The second-order valence-corrected chi connectivity index (χ2v) is 12.6. The maximum absolute atomic E-state index is 11.2. The number of nitrogens with one attached hydrogen (secondary N) is 2. The van der Waals surface area contributed by atoms with E-state index in [1.807, 2.05) is 123 Å². The number of carbonyl (C=O) groups excluding carboxylic acids is 1. The highest BCUT2D eigenvalue weighted by Gasteiger charge is 2.21. The topological polar surface area (TPSA) is 129 Å². The van der Waals surface area contributed by atoms with E-state index in [-0.39, 0.29) is 8.41 Å². The van der Waals surface area contributed by atoms with Crippen LogP contribution in [0.2, 0.25) is 0 Å². The molecule has 0 unspecified atom stereocenters. The SMILES string of the molecule is CC.CCN1CCCCCC1=O.[B].c1ccc2c(c1)-c1nc-2nc2[nH]c(nc3nc(nc4[nH]c(n1)c1ccccc41)-c1ccccc1-3)c1ccccc21. The average Bonchev–Trinajstić information content (AvgIpc) is 3.88. The molecular formula is C42H39BN9O. The number of nitrogens with zero attached hydrogens (tertiary/aromatic N) is 7. The van der Waals surface area contributed by atoms with E-state index < -0.39 is 0 Å². The van der Waals surface area contributed by atoms with Crippen LogP contribution >= 0.6 is 0 Å². The quantitative estimate of drug-likeness (QED) is 0.164. The van der Waals surface area contributed by atoms with Gasteiger partial charge in [0.1, 0.15) is 22.6 Å². The van der Waals surface area contributed by atoms with Gasteiger partial charge in [0.2, 0.25) is 5.91 Å². The summed E-state index contributed by atoms with van der Waals surface area (Å²) >= 11 is 0. The lowest BCUT2D eigenvalue weighted by Gasteiger charge is -2.17. The summed E-state index contributed by atoms with van der Waals surface area (Å²) in [6, 6.07) is 32.2. The summed E-state index contributed by atoms with van der Waals surface area (Å²) < 4.78 is 0. The van der Waals surface area contributed by atoms with Crippen LogP contribution in [0.4, 0.5) is 0 Å². The fourth-order valence-corrected chi connectivity index (χ4v) is 6.96. The van der Waals surface area contributed by atoms with Gasteiger partial charge < -0.3 is 14.9 Å². The summed E-state index contributed by atoms with van der Waals surface area (Å²) in [6.45, 7) is 7.91. The minimum atomic E-state index is 0. The predicted molar refractivity (Wildman–Crippen MR) is 214 cm³/mol. The molecule has 1 saturated heterocycles. The Kier molecular flexibility index (Phi) is 10.1. The molecule has 1 fully saturated rings. The van der Waals surface area contributed by atoms with Gasteiger partial charge in [-0.1, -0.05) is 117 Å². The molecule has 6 heterocycles. The maximum Gasteiger partial charge on any atom is 0.222 e. The van der Waals surface area contributed by atoms with Crippen molar-refractivity contribution in [1.29, 1.82) is 0 Å². The minimum absolute atomic E-state index is 0. The number of amides is 1. The van der Waals surface area contributed by atoms with Gasteiger partial charge in [0, 0.05) is 71.7 Å². The summed E-state index contributed by atoms with van der Waals surface area (Å²) in [5, 5.41) is 3.82. The highest BCUT2D eigenvalue weighted by atomic mass is 16.2. The van der Waals surface area contributed by atoms with Crippen LogP contribution in [0.25, 0.3) is 89.7 Å². The van der Waals surface area contributed by atoms with Gasteiger partial charge >= 0.3 is 0 Å². The molecule has 11 heteroatoms. The molecule has 8 bridgehead atoms. The van der Waals surface area contributed by atoms with Crippen molar-refractivity contribution in [2.24, 2.45) is 0 Å². The number of benzene rings is 4. The number of hydrogen-bond donors (Lipinski definition) is 2. The van der Waals surface area contributed by atoms with Gasteiger partial charge in [0.15, 0.2) is 23.3 Å². The standard InChI is InChI=1S/C32H18N8.C8H15NO.C2H6.B/c1-2-10-18-17(9-1)25-33-26(18)38-28-21-13-5-6-14-22(21)30(35-28)40-32-24-16-8-7-15-23(24)31(36-32)39-29-20-12-4-3-11-19(20)27(34-29)37-25;1-2-9-7-5-3-4-6-8(9)10;1-2;/h1-16H,(H2,33,34,35,36,37,38,39,40);2-7H2,1H3;1-2H3;. The lowest BCUT2D eigenvalue weighted by molar-refractivity contribution is -0.130. The Labute approximate surface area is 309 Å². The lowest BCUT2D eigenvalue weighted by atomic mass is 10.1. The molecular weight excluding hydrogens is 657 g/mol. The van der Waals surface area contributed by atoms with E-state index in [1.165, 1.54) is 12.8 Å². The smallest absolute Gasteiger partial charge is 0.222 e. The van der Waals surface area contributed by atoms with Gasteiger partial charge in [-0.2, -0.15) is 0 Å². The predicted octanol–water partition coefficient (Wildman–Crippen LogP) is 8.92.